The lowest BCUT2D eigenvalue weighted by Gasteiger charge is -2.19. The molecule has 0 amide bonds. The third-order valence-electron chi connectivity index (χ3n) is 2.81. The van der Waals surface area contributed by atoms with Crippen molar-refractivity contribution in [1.82, 2.24) is 9.55 Å². The summed E-state index contributed by atoms with van der Waals surface area (Å²) in [6.07, 6.45) is 5.73. The minimum Gasteiger partial charge on any atom is -0.356 e. The normalized spacial score (nSPS) is 11.8. The number of rotatable bonds is 6. The molecule has 1 rings (SSSR count). The van der Waals surface area contributed by atoms with Gasteiger partial charge in [0.2, 0.25) is 5.95 Å². The van der Waals surface area contributed by atoms with E-state index in [-0.39, 0.29) is 0 Å². The third-order valence-corrected chi connectivity index (χ3v) is 2.81. The Morgan fingerprint density at radius 2 is 2.06 bits per heavy atom. The minimum absolute atomic E-state index is 0.374. The monoisotopic (exact) mass is 237 g/mol. The number of aryl methyl sites for hydroxylation is 2. The van der Waals surface area contributed by atoms with E-state index >= 15 is 0 Å². The lowest BCUT2D eigenvalue weighted by Crippen LogP contribution is -2.13. The van der Waals surface area contributed by atoms with Gasteiger partial charge in [-0.15, -0.1) is 0 Å². The first kappa shape index (κ1) is 14.1. The van der Waals surface area contributed by atoms with Crippen molar-refractivity contribution < 1.29 is 0 Å². The molecule has 0 radical (unpaired) electrons. The van der Waals surface area contributed by atoms with Gasteiger partial charge in [-0.3, -0.25) is 0 Å². The molecular formula is C14H27N3. The molecule has 0 aliphatic heterocycles. The first-order valence-electron chi connectivity index (χ1n) is 6.70. The van der Waals surface area contributed by atoms with Crippen LogP contribution in [0.1, 0.15) is 52.7 Å². The number of hydrogen-bond donors (Lipinski definition) is 1. The van der Waals surface area contributed by atoms with E-state index in [0.717, 1.165) is 24.7 Å². The van der Waals surface area contributed by atoms with Crippen LogP contribution in [0, 0.1) is 12.3 Å². The van der Waals surface area contributed by atoms with Crippen molar-refractivity contribution in [3.05, 3.63) is 11.9 Å². The number of unbranched alkanes of at least 4 members (excludes halogenated alkanes) is 1. The molecule has 0 saturated heterocycles. The molecule has 0 bridgehead atoms. The van der Waals surface area contributed by atoms with Crippen LogP contribution in [-0.4, -0.2) is 16.1 Å². The van der Waals surface area contributed by atoms with Crippen LogP contribution in [0.25, 0.3) is 0 Å². The van der Waals surface area contributed by atoms with E-state index in [0.29, 0.717) is 5.41 Å². The summed E-state index contributed by atoms with van der Waals surface area (Å²) in [4.78, 5) is 4.53. The van der Waals surface area contributed by atoms with Gasteiger partial charge in [-0.25, -0.2) is 4.98 Å². The van der Waals surface area contributed by atoms with Crippen molar-refractivity contribution in [2.24, 2.45) is 5.41 Å². The molecule has 0 spiro atoms. The molecule has 0 fully saturated rings. The van der Waals surface area contributed by atoms with E-state index in [1.54, 1.807) is 0 Å². The Kier molecular flexibility index (Phi) is 5.03. The fraction of sp³-hybridized carbons (Fsp3) is 0.786. The van der Waals surface area contributed by atoms with E-state index in [1.807, 2.05) is 0 Å². The van der Waals surface area contributed by atoms with Crippen LogP contribution >= 0.6 is 0 Å². The maximum atomic E-state index is 4.53. The molecule has 98 valence electrons. The van der Waals surface area contributed by atoms with E-state index in [2.05, 4.69) is 55.7 Å². The van der Waals surface area contributed by atoms with Gasteiger partial charge in [-0.2, -0.15) is 0 Å². The van der Waals surface area contributed by atoms with Gasteiger partial charge in [0.05, 0.1) is 5.69 Å². The van der Waals surface area contributed by atoms with Crippen molar-refractivity contribution in [2.45, 2.75) is 60.4 Å². The third kappa shape index (κ3) is 5.24. The zero-order chi connectivity index (χ0) is 12.9. The topological polar surface area (TPSA) is 29.9 Å². The zero-order valence-electron chi connectivity index (χ0n) is 12.0. The van der Waals surface area contributed by atoms with E-state index < -0.39 is 0 Å². The van der Waals surface area contributed by atoms with E-state index in [9.17, 15) is 0 Å². The summed E-state index contributed by atoms with van der Waals surface area (Å²) in [5.74, 6) is 1.03. The standard InChI is InChI=1S/C14H27N3/c1-6-7-9-15-13-16-12(2)11-17(13)10-8-14(3,4)5/h11H,6-10H2,1-5H3,(H,15,16). The second-order valence-electron chi connectivity index (χ2n) is 5.99. The smallest absolute Gasteiger partial charge is 0.203 e. The average Bonchev–Trinajstić information content (AvgIpc) is 2.56. The molecule has 0 saturated carbocycles. The molecule has 3 heteroatoms. The van der Waals surface area contributed by atoms with Crippen LogP contribution in [0.15, 0.2) is 6.20 Å². The lowest BCUT2D eigenvalue weighted by molar-refractivity contribution is 0.351. The Bertz CT molecular complexity index is 334. The number of nitrogens with zero attached hydrogens (tertiary/aromatic N) is 2. The molecule has 1 heterocycles. The highest BCUT2D eigenvalue weighted by Crippen LogP contribution is 2.21. The molecule has 1 aromatic rings. The lowest BCUT2D eigenvalue weighted by atomic mass is 9.92. The quantitative estimate of drug-likeness (QED) is 0.762. The minimum atomic E-state index is 0.374. The van der Waals surface area contributed by atoms with Crippen LogP contribution in [0.4, 0.5) is 5.95 Å². The largest absolute Gasteiger partial charge is 0.356 e. The van der Waals surface area contributed by atoms with Gasteiger partial charge in [0.15, 0.2) is 0 Å². The van der Waals surface area contributed by atoms with Gasteiger partial charge < -0.3 is 9.88 Å². The molecule has 17 heavy (non-hydrogen) atoms. The summed E-state index contributed by atoms with van der Waals surface area (Å²) in [5, 5.41) is 3.42. The molecule has 0 aliphatic rings. The highest BCUT2D eigenvalue weighted by molar-refractivity contribution is 5.28. The fourth-order valence-electron chi connectivity index (χ4n) is 1.69. The summed E-state index contributed by atoms with van der Waals surface area (Å²) in [5.41, 5.74) is 1.47. The summed E-state index contributed by atoms with van der Waals surface area (Å²) in [6.45, 7) is 13.2. The summed E-state index contributed by atoms with van der Waals surface area (Å²) < 4.78 is 2.25. The molecule has 0 atom stereocenters. The first-order valence-corrected chi connectivity index (χ1v) is 6.70. The molecule has 0 aliphatic carbocycles. The van der Waals surface area contributed by atoms with Crippen molar-refractivity contribution in [2.75, 3.05) is 11.9 Å². The summed E-state index contributed by atoms with van der Waals surface area (Å²) >= 11 is 0. The van der Waals surface area contributed by atoms with Crippen molar-refractivity contribution >= 4 is 5.95 Å². The van der Waals surface area contributed by atoms with Crippen LogP contribution in [0.3, 0.4) is 0 Å². The maximum absolute atomic E-state index is 4.53. The number of anilines is 1. The Balaban J connectivity index is 2.57. The van der Waals surface area contributed by atoms with Gasteiger partial charge in [-0.1, -0.05) is 34.1 Å². The SMILES string of the molecule is CCCCNc1nc(C)cn1CCC(C)(C)C. The Morgan fingerprint density at radius 3 is 2.65 bits per heavy atom. The predicted molar refractivity (Wildman–Crippen MR) is 74.4 cm³/mol. The van der Waals surface area contributed by atoms with Crippen LogP contribution in [0.5, 0.6) is 0 Å². The van der Waals surface area contributed by atoms with Crippen molar-refractivity contribution in [3.8, 4) is 0 Å². The van der Waals surface area contributed by atoms with Gasteiger partial charge in [0, 0.05) is 19.3 Å². The highest BCUT2D eigenvalue weighted by Gasteiger charge is 2.12. The number of nitrogens with one attached hydrogen (secondary N) is 1. The van der Waals surface area contributed by atoms with Crippen molar-refractivity contribution in [1.29, 1.82) is 0 Å². The average molecular weight is 237 g/mol. The molecule has 0 unspecified atom stereocenters. The maximum Gasteiger partial charge on any atom is 0.203 e. The molecule has 3 nitrogen and oxygen atoms in total. The van der Waals surface area contributed by atoms with E-state index in [4.69, 9.17) is 0 Å². The van der Waals surface area contributed by atoms with Crippen LogP contribution < -0.4 is 5.32 Å². The van der Waals surface area contributed by atoms with Gasteiger partial charge in [0.1, 0.15) is 0 Å². The van der Waals surface area contributed by atoms with Gasteiger partial charge >= 0.3 is 0 Å². The molecule has 0 aromatic carbocycles. The second kappa shape index (κ2) is 6.08. The number of hydrogen-bond acceptors (Lipinski definition) is 2. The van der Waals surface area contributed by atoms with Gasteiger partial charge in [-0.05, 0) is 25.2 Å². The second-order valence-corrected chi connectivity index (χ2v) is 5.99. The molecule has 1 aromatic heterocycles. The zero-order valence-corrected chi connectivity index (χ0v) is 12.0. The number of aromatic nitrogens is 2. The van der Waals surface area contributed by atoms with Crippen LogP contribution in [0.2, 0.25) is 0 Å². The van der Waals surface area contributed by atoms with E-state index in [1.165, 1.54) is 19.3 Å². The Labute approximate surface area is 106 Å². The van der Waals surface area contributed by atoms with Crippen molar-refractivity contribution in [3.63, 3.8) is 0 Å². The Morgan fingerprint density at radius 1 is 1.35 bits per heavy atom. The molecular weight excluding hydrogens is 210 g/mol. The summed E-state index contributed by atoms with van der Waals surface area (Å²) in [6, 6.07) is 0. The first-order chi connectivity index (χ1) is 7.92. The Hall–Kier alpha value is -0.990. The fourth-order valence-corrected chi connectivity index (χ4v) is 1.69. The predicted octanol–water partition coefficient (Wildman–Crippen LogP) is 3.84. The van der Waals surface area contributed by atoms with Crippen LogP contribution in [-0.2, 0) is 6.54 Å². The number of imidazole rings is 1. The molecule has 1 N–H and O–H groups in total. The van der Waals surface area contributed by atoms with Gasteiger partial charge in [0.25, 0.3) is 0 Å². The highest BCUT2D eigenvalue weighted by atomic mass is 15.2. The summed E-state index contributed by atoms with van der Waals surface area (Å²) in [7, 11) is 0.